The van der Waals surface area contributed by atoms with Crippen molar-refractivity contribution in [3.8, 4) is 5.75 Å². The van der Waals surface area contributed by atoms with E-state index >= 15 is 0 Å². The van der Waals surface area contributed by atoms with Crippen LogP contribution in [0, 0.1) is 11.3 Å². The van der Waals surface area contributed by atoms with Gasteiger partial charge in [-0.05, 0) is 53.1 Å². The zero-order valence-corrected chi connectivity index (χ0v) is 17.1. The molecule has 0 bridgehead atoms. The first kappa shape index (κ1) is 21.4. The number of halogens is 3. The highest BCUT2D eigenvalue weighted by Crippen LogP contribution is 2.64. The van der Waals surface area contributed by atoms with Gasteiger partial charge in [0.2, 0.25) is 10.0 Å². The lowest BCUT2D eigenvalue weighted by Gasteiger charge is -2.15. The average Bonchev–Trinajstić information content (AvgIpc) is 3.18. The first-order valence-electron chi connectivity index (χ1n) is 8.97. The fraction of sp³-hybridized carbons (Fsp3) is 0.400. The summed E-state index contributed by atoms with van der Waals surface area (Å²) in [5.41, 5.74) is 0.412. The fourth-order valence-corrected chi connectivity index (χ4v) is 4.41. The van der Waals surface area contributed by atoms with Crippen molar-refractivity contribution >= 4 is 15.7 Å². The lowest BCUT2D eigenvalue weighted by Crippen LogP contribution is -2.12. The zero-order valence-electron chi connectivity index (χ0n) is 16.2. The maximum absolute atomic E-state index is 13.0. The van der Waals surface area contributed by atoms with Gasteiger partial charge in [0.05, 0.1) is 23.3 Å². The first-order valence-corrected chi connectivity index (χ1v) is 10.5. The number of benzene rings is 2. The number of rotatable bonds is 6. The minimum atomic E-state index is -4.44. The highest BCUT2D eigenvalue weighted by molar-refractivity contribution is 7.89. The summed E-state index contributed by atoms with van der Waals surface area (Å²) >= 11 is 0. The largest absolute Gasteiger partial charge is 0.495 e. The molecule has 0 saturated heterocycles. The Morgan fingerprint density at radius 3 is 2.28 bits per heavy atom. The molecule has 3 rings (SSSR count). The summed E-state index contributed by atoms with van der Waals surface area (Å²) in [6, 6.07) is 9.74. The van der Waals surface area contributed by atoms with Gasteiger partial charge in [-0.25, -0.2) is 13.6 Å². The van der Waals surface area contributed by atoms with Gasteiger partial charge in [0.15, 0.2) is 0 Å². The summed E-state index contributed by atoms with van der Waals surface area (Å²) in [5.74, 6) is 0.633. The van der Waals surface area contributed by atoms with Gasteiger partial charge in [-0.1, -0.05) is 26.0 Å². The second kappa shape index (κ2) is 7.21. The molecule has 9 heteroatoms. The predicted octanol–water partition coefficient (Wildman–Crippen LogP) is 4.21. The van der Waals surface area contributed by atoms with Crippen LogP contribution in [0.2, 0.25) is 0 Å². The van der Waals surface area contributed by atoms with Crippen LogP contribution < -0.4 is 15.2 Å². The van der Waals surface area contributed by atoms with Crippen molar-refractivity contribution < 1.29 is 26.3 Å². The number of nitrogens with two attached hydrogens (primary N) is 1. The molecule has 1 aliphatic carbocycles. The van der Waals surface area contributed by atoms with Crippen LogP contribution in [0.15, 0.2) is 47.4 Å². The smallest absolute Gasteiger partial charge is 0.416 e. The van der Waals surface area contributed by atoms with E-state index in [0.717, 1.165) is 17.7 Å². The van der Waals surface area contributed by atoms with E-state index in [0.29, 0.717) is 12.3 Å². The molecule has 0 spiro atoms. The number of primary sulfonamides is 1. The van der Waals surface area contributed by atoms with Crippen molar-refractivity contribution in [1.82, 2.24) is 0 Å². The van der Waals surface area contributed by atoms with Gasteiger partial charge in [0, 0.05) is 6.54 Å². The lowest BCUT2D eigenvalue weighted by atomic mass is 10.0. The van der Waals surface area contributed by atoms with Crippen LogP contribution in [0.5, 0.6) is 5.75 Å². The number of anilines is 1. The lowest BCUT2D eigenvalue weighted by molar-refractivity contribution is -0.137. The summed E-state index contributed by atoms with van der Waals surface area (Å²) < 4.78 is 67.1. The fourth-order valence-electron chi connectivity index (χ4n) is 3.89. The van der Waals surface area contributed by atoms with E-state index in [9.17, 15) is 21.6 Å². The van der Waals surface area contributed by atoms with Crippen LogP contribution >= 0.6 is 0 Å². The van der Waals surface area contributed by atoms with Gasteiger partial charge in [0.25, 0.3) is 0 Å². The van der Waals surface area contributed by atoms with Crippen LogP contribution in [-0.2, 0) is 16.2 Å². The van der Waals surface area contributed by atoms with E-state index in [2.05, 4.69) is 19.2 Å². The number of hydrogen-bond acceptors (Lipinski definition) is 4. The average molecular weight is 428 g/mol. The van der Waals surface area contributed by atoms with Crippen molar-refractivity contribution in [3.63, 3.8) is 0 Å². The van der Waals surface area contributed by atoms with Gasteiger partial charge in [0.1, 0.15) is 5.75 Å². The van der Waals surface area contributed by atoms with Crippen LogP contribution in [0.1, 0.15) is 30.9 Å². The number of nitrogens with one attached hydrogen (secondary N) is 1. The van der Waals surface area contributed by atoms with E-state index in [1.165, 1.54) is 25.3 Å². The van der Waals surface area contributed by atoms with Crippen LogP contribution in [0.4, 0.5) is 18.9 Å². The topological polar surface area (TPSA) is 81.4 Å². The van der Waals surface area contributed by atoms with E-state index in [4.69, 9.17) is 9.88 Å². The Labute approximate surface area is 168 Å². The molecule has 1 fully saturated rings. The van der Waals surface area contributed by atoms with Gasteiger partial charge in [-0.3, -0.25) is 0 Å². The molecular weight excluding hydrogens is 405 g/mol. The van der Waals surface area contributed by atoms with Gasteiger partial charge in [-0.2, -0.15) is 13.2 Å². The highest BCUT2D eigenvalue weighted by atomic mass is 32.2. The quantitative estimate of drug-likeness (QED) is 0.722. The van der Waals surface area contributed by atoms with Crippen LogP contribution in [0.3, 0.4) is 0 Å². The monoisotopic (exact) mass is 428 g/mol. The number of methoxy groups -OCH3 is 1. The molecule has 3 N–H and O–H groups in total. The van der Waals surface area contributed by atoms with E-state index in [1.807, 2.05) is 0 Å². The highest BCUT2D eigenvalue weighted by Gasteiger charge is 2.57. The molecule has 29 heavy (non-hydrogen) atoms. The van der Waals surface area contributed by atoms with Gasteiger partial charge < -0.3 is 10.1 Å². The van der Waals surface area contributed by atoms with Gasteiger partial charge >= 0.3 is 6.18 Å². The molecule has 5 nitrogen and oxygen atoms in total. The Morgan fingerprint density at radius 1 is 1.14 bits per heavy atom. The minimum Gasteiger partial charge on any atom is -0.495 e. The molecule has 158 valence electrons. The standard InChI is InChI=1S/C20H23F3N2O3S/c1-19(2)15(18(19)12-4-7-14(8-5-12)29(24,26)27)11-25-16-10-13(20(21,22)23)6-9-17(16)28-3/h4-10,15,18,25H,11H2,1-3H3,(H2,24,26,27)/t15-,18-/m0/s1. The summed E-state index contributed by atoms with van der Waals surface area (Å²) in [4.78, 5) is 0.0445. The molecule has 1 saturated carbocycles. The molecule has 2 atom stereocenters. The molecule has 0 aromatic heterocycles. The summed E-state index contributed by atoms with van der Waals surface area (Å²) in [7, 11) is -2.35. The summed E-state index contributed by atoms with van der Waals surface area (Å²) in [5, 5.41) is 8.22. The third-order valence-electron chi connectivity index (χ3n) is 5.66. The Bertz CT molecular complexity index is 1000. The number of ether oxygens (including phenoxy) is 1. The molecule has 0 radical (unpaired) electrons. The third kappa shape index (κ3) is 4.35. The Hall–Kier alpha value is -2.26. The SMILES string of the molecule is COc1ccc(C(F)(F)F)cc1NC[C@H]1[C@H](c2ccc(S(N)(=O)=O)cc2)C1(C)C. The van der Waals surface area contributed by atoms with Crippen molar-refractivity contribution in [1.29, 1.82) is 0 Å². The summed E-state index contributed by atoms with van der Waals surface area (Å²) in [6.07, 6.45) is -4.44. The third-order valence-corrected chi connectivity index (χ3v) is 6.59. The molecule has 0 unspecified atom stereocenters. The molecule has 1 aliphatic rings. The molecule has 2 aromatic carbocycles. The maximum Gasteiger partial charge on any atom is 0.416 e. The second-order valence-corrected chi connectivity index (χ2v) is 9.37. The number of alkyl halides is 3. The molecule has 0 amide bonds. The van der Waals surface area contributed by atoms with Crippen molar-refractivity contribution in [3.05, 3.63) is 53.6 Å². The van der Waals surface area contributed by atoms with Gasteiger partial charge in [-0.15, -0.1) is 0 Å². The van der Waals surface area contributed by atoms with E-state index in [1.54, 1.807) is 12.1 Å². The molecule has 0 aliphatic heterocycles. The zero-order chi connectivity index (χ0) is 21.6. The molecule has 0 heterocycles. The van der Waals surface area contributed by atoms with Crippen LogP contribution in [0.25, 0.3) is 0 Å². The number of hydrogen-bond donors (Lipinski definition) is 2. The predicted molar refractivity (Wildman–Crippen MR) is 104 cm³/mol. The van der Waals surface area contributed by atoms with Crippen molar-refractivity contribution in [2.24, 2.45) is 16.5 Å². The molecular formula is C20H23F3N2O3S. The number of sulfonamides is 1. The Balaban J connectivity index is 1.76. The maximum atomic E-state index is 13.0. The van der Waals surface area contributed by atoms with E-state index < -0.39 is 21.8 Å². The van der Waals surface area contributed by atoms with Crippen LogP contribution in [-0.4, -0.2) is 22.1 Å². The Kier molecular flexibility index (Phi) is 5.33. The first-order chi connectivity index (χ1) is 13.4. The van der Waals surface area contributed by atoms with Crippen molar-refractivity contribution in [2.75, 3.05) is 19.0 Å². The van der Waals surface area contributed by atoms with Crippen molar-refractivity contribution in [2.45, 2.75) is 30.8 Å². The second-order valence-electron chi connectivity index (χ2n) is 7.81. The minimum absolute atomic E-state index is 0.0445. The molecule has 2 aromatic rings. The summed E-state index contributed by atoms with van der Waals surface area (Å²) in [6.45, 7) is 4.59. The van der Waals surface area contributed by atoms with E-state index in [-0.39, 0.29) is 27.8 Å². The normalized spacial score (nSPS) is 20.9. The Morgan fingerprint density at radius 2 is 1.76 bits per heavy atom.